The minimum absolute atomic E-state index is 0.600. The molecule has 0 spiro atoms. The van der Waals surface area contributed by atoms with E-state index >= 15 is 0 Å². The monoisotopic (exact) mass is 169 g/mol. The Morgan fingerprint density at radius 2 is 1.50 bits per heavy atom. The molecule has 72 valence electrons. The van der Waals surface area contributed by atoms with E-state index in [0.717, 1.165) is 11.4 Å². The lowest BCUT2D eigenvalue weighted by Gasteiger charge is -1.97. The molecule has 0 atom stereocenters. The lowest BCUT2D eigenvalue weighted by atomic mass is 10.2. The minimum Gasteiger partial charge on any atom is -0.263 e. The summed E-state index contributed by atoms with van der Waals surface area (Å²) in [7, 11) is 0. The second kappa shape index (κ2) is 8.51. The summed E-state index contributed by atoms with van der Waals surface area (Å²) in [5.41, 5.74) is 2.24. The fourth-order valence-electron chi connectivity index (χ4n) is 0.872. The highest BCUT2D eigenvalue weighted by Crippen LogP contribution is 2.02. The van der Waals surface area contributed by atoms with Gasteiger partial charge in [0.1, 0.15) is 0 Å². The van der Waals surface area contributed by atoms with Gasteiger partial charge < -0.3 is 0 Å². The van der Waals surface area contributed by atoms with Gasteiger partial charge in [0.15, 0.2) is 0 Å². The summed E-state index contributed by atoms with van der Waals surface area (Å²) >= 11 is 0. The van der Waals surface area contributed by atoms with Crippen LogP contribution in [0, 0.1) is 5.92 Å². The summed E-state index contributed by atoms with van der Waals surface area (Å²) in [4.78, 5) is 4.30. The third-order valence-corrected chi connectivity index (χ3v) is 0.974. The second-order valence-electron chi connectivity index (χ2n) is 3.11. The van der Waals surface area contributed by atoms with Crippen molar-refractivity contribution in [2.24, 2.45) is 10.9 Å². The largest absolute Gasteiger partial charge is 0.263 e. The highest BCUT2D eigenvalue weighted by molar-refractivity contribution is 5.80. The van der Waals surface area contributed by atoms with Crippen LogP contribution in [0.3, 0.4) is 0 Å². The fraction of sp³-hybridized carbons (Fsp3) is 0.727. The molecule has 0 saturated carbocycles. The first-order valence-electron chi connectivity index (χ1n) is 4.72. The highest BCUT2D eigenvalue weighted by atomic mass is 14.7. The van der Waals surface area contributed by atoms with Crippen LogP contribution in [-0.2, 0) is 0 Å². The number of allylic oxidation sites excluding steroid dienone is 2. The summed E-state index contributed by atoms with van der Waals surface area (Å²) in [6, 6.07) is 0. The Hall–Kier alpha value is -0.590. The van der Waals surface area contributed by atoms with Gasteiger partial charge in [-0.3, -0.25) is 4.99 Å². The quantitative estimate of drug-likeness (QED) is 0.553. The van der Waals surface area contributed by atoms with E-state index in [-0.39, 0.29) is 0 Å². The number of hydrogen-bond donors (Lipinski definition) is 0. The van der Waals surface area contributed by atoms with Gasteiger partial charge in [0, 0.05) is 11.4 Å². The van der Waals surface area contributed by atoms with Gasteiger partial charge in [-0.05, 0) is 26.7 Å². The van der Waals surface area contributed by atoms with E-state index in [1.54, 1.807) is 0 Å². The highest BCUT2D eigenvalue weighted by Gasteiger charge is 1.88. The number of rotatable bonds is 2. The first kappa shape index (κ1) is 14.0. The van der Waals surface area contributed by atoms with Gasteiger partial charge in [0.05, 0.1) is 0 Å². The zero-order chi connectivity index (χ0) is 10.1. The van der Waals surface area contributed by atoms with Crippen LogP contribution in [-0.4, -0.2) is 5.71 Å². The Balaban J connectivity index is 0. The molecule has 0 aliphatic carbocycles. The van der Waals surface area contributed by atoms with E-state index in [4.69, 9.17) is 0 Å². The average Bonchev–Trinajstić information content (AvgIpc) is 1.87. The first-order chi connectivity index (χ1) is 5.52. The minimum atomic E-state index is 0.600. The van der Waals surface area contributed by atoms with Crippen molar-refractivity contribution in [3.63, 3.8) is 0 Å². The molecular weight excluding hydrogens is 146 g/mol. The Bertz CT molecular complexity index is 148. The number of nitrogens with zero attached hydrogens (tertiary/aromatic N) is 1. The molecule has 0 aromatic carbocycles. The zero-order valence-electron chi connectivity index (χ0n) is 9.60. The molecule has 0 aromatic rings. The Morgan fingerprint density at radius 3 is 1.75 bits per heavy atom. The Kier molecular flexibility index (Phi) is 9.90. The normalized spacial score (nSPS) is 10.5. The summed E-state index contributed by atoms with van der Waals surface area (Å²) in [5, 5.41) is 0. The summed E-state index contributed by atoms with van der Waals surface area (Å²) in [5.74, 6) is 0.600. The lowest BCUT2D eigenvalue weighted by Crippen LogP contribution is -1.84. The average molecular weight is 169 g/mol. The van der Waals surface area contributed by atoms with E-state index in [0.29, 0.717) is 5.92 Å². The molecule has 0 unspecified atom stereocenters. The summed E-state index contributed by atoms with van der Waals surface area (Å²) < 4.78 is 0. The van der Waals surface area contributed by atoms with Gasteiger partial charge in [-0.15, -0.1) is 0 Å². The van der Waals surface area contributed by atoms with E-state index in [2.05, 4.69) is 24.9 Å². The van der Waals surface area contributed by atoms with Crippen LogP contribution in [0.15, 0.2) is 16.8 Å². The molecular formula is C11H23N. The van der Waals surface area contributed by atoms with E-state index in [1.165, 1.54) is 0 Å². The third kappa shape index (κ3) is 12.1. The van der Waals surface area contributed by atoms with Crippen molar-refractivity contribution in [3.05, 3.63) is 11.8 Å². The summed E-state index contributed by atoms with van der Waals surface area (Å²) in [6.45, 7) is 14.4. The molecule has 0 aliphatic rings. The first-order valence-corrected chi connectivity index (χ1v) is 4.72. The second-order valence-corrected chi connectivity index (χ2v) is 3.11. The number of aliphatic imine (C=N–C) groups is 1. The van der Waals surface area contributed by atoms with Gasteiger partial charge in [-0.25, -0.2) is 0 Å². The van der Waals surface area contributed by atoms with Crippen LogP contribution in [0.1, 0.15) is 48.5 Å². The third-order valence-electron chi connectivity index (χ3n) is 0.974. The van der Waals surface area contributed by atoms with Crippen molar-refractivity contribution in [2.45, 2.75) is 48.5 Å². The predicted octanol–water partition coefficient (Wildman–Crippen LogP) is 4.05. The van der Waals surface area contributed by atoms with Crippen LogP contribution in [0.25, 0.3) is 0 Å². The molecule has 0 bridgehead atoms. The summed E-state index contributed by atoms with van der Waals surface area (Å²) in [6.07, 6.45) is 2.16. The molecule has 0 fully saturated rings. The van der Waals surface area contributed by atoms with Crippen molar-refractivity contribution in [1.29, 1.82) is 0 Å². The van der Waals surface area contributed by atoms with Crippen LogP contribution >= 0.6 is 0 Å². The molecule has 0 radical (unpaired) electrons. The lowest BCUT2D eigenvalue weighted by molar-refractivity contribution is 0.819. The van der Waals surface area contributed by atoms with E-state index in [1.807, 2.05) is 34.6 Å². The topological polar surface area (TPSA) is 12.4 Å². The Morgan fingerprint density at radius 1 is 1.08 bits per heavy atom. The Labute approximate surface area is 77.6 Å². The maximum absolute atomic E-state index is 4.30. The van der Waals surface area contributed by atoms with Crippen molar-refractivity contribution < 1.29 is 0 Å². The molecule has 0 heterocycles. The maximum Gasteiger partial charge on any atom is 0.0334 e. The van der Waals surface area contributed by atoms with Gasteiger partial charge in [-0.1, -0.05) is 33.8 Å². The van der Waals surface area contributed by atoms with Crippen LogP contribution in [0.5, 0.6) is 0 Å². The van der Waals surface area contributed by atoms with Crippen molar-refractivity contribution in [1.82, 2.24) is 0 Å². The molecule has 0 rings (SSSR count). The van der Waals surface area contributed by atoms with Crippen molar-refractivity contribution in [3.8, 4) is 0 Å². The fourth-order valence-corrected chi connectivity index (χ4v) is 0.872. The molecule has 0 amide bonds. The molecule has 0 N–H and O–H groups in total. The molecule has 1 heteroatoms. The smallest absolute Gasteiger partial charge is 0.0334 e. The molecule has 1 nitrogen and oxygen atoms in total. The van der Waals surface area contributed by atoms with Crippen LogP contribution in [0.4, 0.5) is 0 Å². The molecule has 0 saturated heterocycles. The van der Waals surface area contributed by atoms with Gasteiger partial charge in [0.2, 0.25) is 0 Å². The maximum atomic E-state index is 4.30. The van der Waals surface area contributed by atoms with Crippen LogP contribution in [0.2, 0.25) is 0 Å². The van der Waals surface area contributed by atoms with Gasteiger partial charge in [0.25, 0.3) is 0 Å². The van der Waals surface area contributed by atoms with E-state index in [9.17, 15) is 0 Å². The van der Waals surface area contributed by atoms with Crippen LogP contribution < -0.4 is 0 Å². The van der Waals surface area contributed by atoms with Crippen molar-refractivity contribution in [2.75, 3.05) is 0 Å². The molecule has 0 aromatic heterocycles. The SMILES string of the molecule is CC.CC(C)=N/C(C)=C\C(C)C. The standard InChI is InChI=1S/C9H17N.C2H6/c1-7(2)6-9(5)10-8(3)4;1-2/h6-7H,1-5H3;1-2H3/b9-6-;. The number of hydrogen-bond acceptors (Lipinski definition) is 1. The van der Waals surface area contributed by atoms with Gasteiger partial charge in [-0.2, -0.15) is 0 Å². The molecule has 0 aliphatic heterocycles. The predicted molar refractivity (Wildman–Crippen MR) is 58.7 cm³/mol. The van der Waals surface area contributed by atoms with Gasteiger partial charge >= 0.3 is 0 Å². The van der Waals surface area contributed by atoms with E-state index < -0.39 is 0 Å². The molecule has 12 heavy (non-hydrogen) atoms. The van der Waals surface area contributed by atoms with Crippen molar-refractivity contribution >= 4 is 5.71 Å². The zero-order valence-corrected chi connectivity index (χ0v) is 9.60.